The fourth-order valence-electron chi connectivity index (χ4n) is 3.45. The number of thiophene rings is 1. The second-order valence-electron chi connectivity index (χ2n) is 7.35. The summed E-state index contributed by atoms with van der Waals surface area (Å²) in [6.07, 6.45) is 3.99. The molecular weight excluding hydrogens is 419 g/mol. The second-order valence-corrected chi connectivity index (χ2v) is 14.0. The van der Waals surface area contributed by atoms with E-state index < -0.39 is 14.7 Å². The van der Waals surface area contributed by atoms with Gasteiger partial charge in [0.25, 0.3) is 0 Å². The first-order chi connectivity index (χ1) is 13.0. The van der Waals surface area contributed by atoms with Crippen LogP contribution in [-0.2, 0) is 16.4 Å². The van der Waals surface area contributed by atoms with E-state index in [1.54, 1.807) is 11.1 Å². The van der Waals surface area contributed by atoms with Gasteiger partial charge < -0.3 is 0 Å². The summed E-state index contributed by atoms with van der Waals surface area (Å²) in [4.78, 5) is 22.3. The van der Waals surface area contributed by atoms with Gasteiger partial charge in [-0.1, -0.05) is 0 Å². The molecule has 0 bridgehead atoms. The first kappa shape index (κ1) is 20.4. The zero-order valence-corrected chi connectivity index (χ0v) is 19.3. The van der Waals surface area contributed by atoms with Crippen LogP contribution in [0.3, 0.4) is 0 Å². The van der Waals surface area contributed by atoms with Crippen molar-refractivity contribution in [2.75, 3.05) is 18.0 Å². The fraction of sp³-hybridized carbons (Fsp3) is 0.524. The summed E-state index contributed by atoms with van der Waals surface area (Å²) in [5.41, 5.74) is 3.09. The van der Waals surface area contributed by atoms with Crippen LogP contribution in [0.1, 0.15) is 47.3 Å². The number of carbonyl (C=O) groups is 1. The number of pyridine rings is 1. The number of ether oxygens (including phenoxy) is 1. The van der Waals surface area contributed by atoms with E-state index in [-0.39, 0.29) is 12.1 Å². The minimum atomic E-state index is -0.955. The Kier molecular flexibility index (Phi) is 6.99. The van der Waals surface area contributed by atoms with E-state index in [2.05, 4.69) is 34.7 Å². The zero-order valence-electron chi connectivity index (χ0n) is 16.6. The first-order valence-corrected chi connectivity index (χ1v) is 14.8. The third-order valence-corrected chi connectivity index (χ3v) is 11.9. The van der Waals surface area contributed by atoms with Crippen LogP contribution >= 0.6 is 11.3 Å². The Labute approximate surface area is 171 Å². The van der Waals surface area contributed by atoms with Crippen molar-refractivity contribution in [2.45, 2.75) is 55.3 Å². The number of aromatic nitrogens is 1. The first-order valence-electron chi connectivity index (χ1n) is 9.66. The summed E-state index contributed by atoms with van der Waals surface area (Å²) in [5.74, 6) is 0.519. The van der Waals surface area contributed by atoms with Gasteiger partial charge >= 0.3 is 171 Å². The maximum atomic E-state index is 12.4. The molecule has 0 aliphatic carbocycles. The minimum absolute atomic E-state index is 0.122. The average Bonchev–Trinajstić information content (AvgIpc) is 3.30. The van der Waals surface area contributed by atoms with Gasteiger partial charge in [-0.3, -0.25) is 0 Å². The van der Waals surface area contributed by atoms with Gasteiger partial charge in [0, 0.05) is 0 Å². The number of aryl methyl sites for hydroxylation is 1. The van der Waals surface area contributed by atoms with Crippen molar-refractivity contribution in [3.8, 4) is 0 Å². The van der Waals surface area contributed by atoms with E-state index in [0.717, 1.165) is 30.0 Å². The molecule has 6 heteroatoms. The van der Waals surface area contributed by atoms with Crippen LogP contribution in [0.5, 0.6) is 0 Å². The number of anilines is 1. The van der Waals surface area contributed by atoms with Crippen molar-refractivity contribution in [1.82, 2.24) is 4.98 Å². The van der Waals surface area contributed by atoms with Crippen molar-refractivity contribution in [3.63, 3.8) is 0 Å². The summed E-state index contributed by atoms with van der Waals surface area (Å²) in [5, 5.41) is 1.28. The molecule has 1 aliphatic rings. The van der Waals surface area contributed by atoms with Gasteiger partial charge in [0.05, 0.1) is 0 Å². The molecule has 0 aromatic carbocycles. The number of hydrogen-bond donors (Lipinski definition) is 0. The summed E-state index contributed by atoms with van der Waals surface area (Å²) in [6.45, 7) is 7.97. The Hall–Kier alpha value is -1.32. The van der Waals surface area contributed by atoms with Crippen LogP contribution in [0, 0.1) is 0 Å². The summed E-state index contributed by atoms with van der Waals surface area (Å²) < 4.78 is 6.17. The topological polar surface area (TPSA) is 42.4 Å². The molecule has 3 heterocycles. The normalized spacial score (nSPS) is 18.1. The molecule has 146 valence electrons. The van der Waals surface area contributed by atoms with Crippen molar-refractivity contribution in [2.24, 2.45) is 0 Å². The van der Waals surface area contributed by atoms with Crippen LogP contribution in [-0.4, -0.2) is 44.8 Å². The molecular formula is C21H29AsN2O2S. The molecule has 0 radical (unpaired) electrons. The predicted molar refractivity (Wildman–Crippen MR) is 114 cm³/mol. The number of hydrogen-bond acceptors (Lipinski definition) is 5. The molecule has 2 aromatic rings. The van der Waals surface area contributed by atoms with E-state index in [1.165, 1.54) is 16.5 Å². The zero-order chi connectivity index (χ0) is 19.4. The average molecular weight is 448 g/mol. The van der Waals surface area contributed by atoms with Gasteiger partial charge in [0.2, 0.25) is 0 Å². The Morgan fingerprint density at radius 3 is 2.85 bits per heavy atom. The van der Waals surface area contributed by atoms with Crippen molar-refractivity contribution >= 4 is 37.8 Å². The Bertz CT molecular complexity index is 777. The molecule has 2 unspecified atom stereocenters. The molecule has 1 aliphatic heterocycles. The molecule has 0 saturated carbocycles. The second kappa shape index (κ2) is 9.25. The van der Waals surface area contributed by atoms with Crippen LogP contribution in [0.15, 0.2) is 30.5 Å². The fourth-order valence-corrected chi connectivity index (χ4v) is 9.69. The molecule has 0 spiro atoms. The number of rotatable bonds is 7. The van der Waals surface area contributed by atoms with E-state index in [9.17, 15) is 4.79 Å². The Morgan fingerprint density at radius 1 is 1.37 bits per heavy atom. The van der Waals surface area contributed by atoms with Gasteiger partial charge in [0.15, 0.2) is 0 Å². The van der Waals surface area contributed by atoms with Crippen LogP contribution in [0.4, 0.5) is 5.82 Å². The van der Waals surface area contributed by atoms with Crippen molar-refractivity contribution in [3.05, 3.63) is 45.8 Å². The third-order valence-electron chi connectivity index (χ3n) is 4.91. The standard InChI is InChI=1S/C21H29AsN2O2S/c1-5-17-8-9-18(27-17)13-22(4)16-10-12-24(14-16)20-19(7-6-11-23-20)21(25)26-15(2)3/h6-9,11,15-16H,5,10,12-14H2,1-4H3. The van der Waals surface area contributed by atoms with Crippen LogP contribution < -0.4 is 4.90 Å². The van der Waals surface area contributed by atoms with Gasteiger partial charge in [-0.2, -0.15) is 0 Å². The molecule has 1 saturated heterocycles. The molecule has 2 atom stereocenters. The number of carbonyl (C=O) groups excluding carboxylic acids is 1. The summed E-state index contributed by atoms with van der Waals surface area (Å²) in [6, 6.07) is 8.25. The summed E-state index contributed by atoms with van der Waals surface area (Å²) >= 11 is 1.02. The SMILES string of the molecule is CCc1ccc(C[As](C)C2CCN(c3ncccc3C(=O)OC(C)C)C2)s1. The van der Waals surface area contributed by atoms with E-state index >= 15 is 0 Å². The van der Waals surface area contributed by atoms with Gasteiger partial charge in [-0.15, -0.1) is 0 Å². The monoisotopic (exact) mass is 448 g/mol. The molecule has 0 amide bonds. The predicted octanol–water partition coefficient (Wildman–Crippen LogP) is 4.76. The third kappa shape index (κ3) is 5.14. The maximum absolute atomic E-state index is 12.4. The van der Waals surface area contributed by atoms with Gasteiger partial charge in [0.1, 0.15) is 0 Å². The van der Waals surface area contributed by atoms with E-state index in [4.69, 9.17) is 4.74 Å². The van der Waals surface area contributed by atoms with Crippen molar-refractivity contribution < 1.29 is 9.53 Å². The summed E-state index contributed by atoms with van der Waals surface area (Å²) in [7, 11) is 0. The number of nitrogens with zero attached hydrogens (tertiary/aromatic N) is 2. The molecule has 4 nitrogen and oxygen atoms in total. The van der Waals surface area contributed by atoms with Crippen LogP contribution in [0.2, 0.25) is 10.4 Å². The molecule has 27 heavy (non-hydrogen) atoms. The molecule has 2 aromatic heterocycles. The number of esters is 1. The molecule has 0 N–H and O–H groups in total. The quantitative estimate of drug-likeness (QED) is 0.453. The Morgan fingerprint density at radius 2 is 2.15 bits per heavy atom. The van der Waals surface area contributed by atoms with Gasteiger partial charge in [-0.25, -0.2) is 0 Å². The van der Waals surface area contributed by atoms with Crippen molar-refractivity contribution in [1.29, 1.82) is 0 Å². The van der Waals surface area contributed by atoms with E-state index in [1.807, 2.05) is 37.3 Å². The molecule has 1 fully saturated rings. The molecule has 3 rings (SSSR count). The Balaban J connectivity index is 1.66. The van der Waals surface area contributed by atoms with Gasteiger partial charge in [-0.05, 0) is 0 Å². The van der Waals surface area contributed by atoms with Crippen LogP contribution in [0.25, 0.3) is 0 Å². The van der Waals surface area contributed by atoms with E-state index in [0.29, 0.717) is 5.56 Å².